The standard InChI is InChI=1S/C13H16N4O3S/c1-8(6-21-2)5-14-11-4-10-9(3-12(11)17(19)20)13(18)16-7-15-10/h3-4,7-8,14H,5-6H2,1-2H3,(H,15,16,18). The number of nitrogens with one attached hydrogen (secondary N) is 2. The average Bonchev–Trinajstić information content (AvgIpc) is 2.45. The summed E-state index contributed by atoms with van der Waals surface area (Å²) in [7, 11) is 0. The van der Waals surface area contributed by atoms with Gasteiger partial charge >= 0.3 is 0 Å². The van der Waals surface area contributed by atoms with E-state index in [0.29, 0.717) is 23.7 Å². The predicted octanol–water partition coefficient (Wildman–Crippen LogP) is 2.24. The maximum atomic E-state index is 11.7. The second-order valence-corrected chi connectivity index (χ2v) is 5.73. The SMILES string of the molecule is CSCC(C)CNc1cc2nc[nH]c(=O)c2cc1[N+](=O)[O-]. The number of nitro groups is 1. The molecule has 1 aromatic heterocycles. The zero-order valence-electron chi connectivity index (χ0n) is 11.8. The Morgan fingerprint density at radius 3 is 2.95 bits per heavy atom. The van der Waals surface area contributed by atoms with E-state index in [1.54, 1.807) is 17.8 Å². The first-order chi connectivity index (χ1) is 10.0. The number of hydrogen-bond acceptors (Lipinski definition) is 6. The van der Waals surface area contributed by atoms with Gasteiger partial charge in [0, 0.05) is 12.6 Å². The first-order valence-corrected chi connectivity index (χ1v) is 7.81. The van der Waals surface area contributed by atoms with Crippen molar-refractivity contribution in [2.24, 2.45) is 5.92 Å². The molecule has 1 unspecified atom stereocenters. The zero-order valence-corrected chi connectivity index (χ0v) is 12.6. The normalized spacial score (nSPS) is 12.3. The van der Waals surface area contributed by atoms with Crippen LogP contribution in [0.4, 0.5) is 11.4 Å². The Hall–Kier alpha value is -2.09. The summed E-state index contributed by atoms with van der Waals surface area (Å²) in [6.45, 7) is 2.69. The van der Waals surface area contributed by atoms with Crippen LogP contribution in [0.2, 0.25) is 0 Å². The van der Waals surface area contributed by atoms with E-state index in [9.17, 15) is 14.9 Å². The molecular formula is C13H16N4O3S. The van der Waals surface area contributed by atoms with Crippen molar-refractivity contribution >= 4 is 34.0 Å². The second-order valence-electron chi connectivity index (χ2n) is 4.82. The van der Waals surface area contributed by atoms with Crippen LogP contribution >= 0.6 is 11.8 Å². The van der Waals surface area contributed by atoms with Gasteiger partial charge in [-0.3, -0.25) is 14.9 Å². The summed E-state index contributed by atoms with van der Waals surface area (Å²) in [4.78, 5) is 28.8. The molecule has 0 radical (unpaired) electrons. The first kappa shape index (κ1) is 15.3. The largest absolute Gasteiger partial charge is 0.379 e. The molecule has 1 atom stereocenters. The van der Waals surface area contributed by atoms with E-state index >= 15 is 0 Å². The molecule has 0 bridgehead atoms. The summed E-state index contributed by atoms with van der Waals surface area (Å²) in [6, 6.07) is 2.82. The molecule has 2 N–H and O–H groups in total. The van der Waals surface area contributed by atoms with E-state index in [4.69, 9.17) is 0 Å². The Morgan fingerprint density at radius 1 is 1.52 bits per heavy atom. The number of anilines is 1. The summed E-state index contributed by atoms with van der Waals surface area (Å²) in [5.41, 5.74) is 0.325. The smallest absolute Gasteiger partial charge is 0.293 e. The lowest BCUT2D eigenvalue weighted by atomic mass is 10.1. The zero-order chi connectivity index (χ0) is 15.4. The lowest BCUT2D eigenvalue weighted by Crippen LogP contribution is -2.15. The maximum Gasteiger partial charge on any atom is 0.293 e. The minimum atomic E-state index is -0.493. The van der Waals surface area contributed by atoms with Gasteiger partial charge in [-0.2, -0.15) is 11.8 Å². The lowest BCUT2D eigenvalue weighted by molar-refractivity contribution is -0.383. The number of aromatic nitrogens is 2. The van der Waals surface area contributed by atoms with E-state index < -0.39 is 4.92 Å². The molecule has 0 fully saturated rings. The van der Waals surface area contributed by atoms with Crippen molar-refractivity contribution in [3.05, 3.63) is 38.9 Å². The van der Waals surface area contributed by atoms with Gasteiger partial charge in [-0.1, -0.05) is 6.92 Å². The van der Waals surface area contributed by atoms with Crippen LogP contribution in [-0.4, -0.2) is 33.4 Å². The number of thioether (sulfide) groups is 1. The van der Waals surface area contributed by atoms with Gasteiger partial charge in [0.15, 0.2) is 0 Å². The molecule has 0 saturated carbocycles. The van der Waals surface area contributed by atoms with Crippen LogP contribution in [0, 0.1) is 16.0 Å². The molecule has 21 heavy (non-hydrogen) atoms. The van der Waals surface area contributed by atoms with Gasteiger partial charge in [-0.25, -0.2) is 4.98 Å². The fourth-order valence-corrected chi connectivity index (χ4v) is 2.71. The Morgan fingerprint density at radius 2 is 2.29 bits per heavy atom. The molecular weight excluding hydrogens is 292 g/mol. The monoisotopic (exact) mass is 308 g/mol. The maximum absolute atomic E-state index is 11.7. The summed E-state index contributed by atoms with van der Waals surface area (Å²) >= 11 is 1.73. The average molecular weight is 308 g/mol. The third-order valence-corrected chi connectivity index (χ3v) is 3.95. The Labute approximate surface area is 125 Å². The first-order valence-electron chi connectivity index (χ1n) is 6.41. The Kier molecular flexibility index (Phi) is 4.79. The molecule has 2 rings (SSSR count). The van der Waals surface area contributed by atoms with Crippen molar-refractivity contribution in [3.63, 3.8) is 0 Å². The van der Waals surface area contributed by atoms with Crippen LogP contribution in [0.1, 0.15) is 6.92 Å². The molecule has 1 aromatic carbocycles. The van der Waals surface area contributed by atoms with E-state index in [1.807, 2.05) is 6.26 Å². The molecule has 0 amide bonds. The minimum absolute atomic E-state index is 0.114. The van der Waals surface area contributed by atoms with Crippen molar-refractivity contribution in [1.82, 2.24) is 9.97 Å². The van der Waals surface area contributed by atoms with E-state index in [1.165, 1.54) is 12.4 Å². The van der Waals surface area contributed by atoms with Crippen LogP contribution in [-0.2, 0) is 0 Å². The lowest BCUT2D eigenvalue weighted by Gasteiger charge is -2.12. The molecule has 2 aromatic rings. The van der Waals surface area contributed by atoms with E-state index in [2.05, 4.69) is 22.2 Å². The van der Waals surface area contributed by atoms with E-state index in [-0.39, 0.29) is 16.6 Å². The molecule has 8 heteroatoms. The van der Waals surface area contributed by atoms with Crippen LogP contribution in [0.3, 0.4) is 0 Å². The molecule has 7 nitrogen and oxygen atoms in total. The van der Waals surface area contributed by atoms with Crippen LogP contribution in [0.25, 0.3) is 10.9 Å². The van der Waals surface area contributed by atoms with Crippen molar-refractivity contribution in [2.45, 2.75) is 6.92 Å². The number of H-pyrrole nitrogens is 1. The Bertz CT molecular complexity index is 716. The predicted molar refractivity (Wildman–Crippen MR) is 85.1 cm³/mol. The van der Waals surface area contributed by atoms with Crippen LogP contribution in [0.15, 0.2) is 23.3 Å². The molecule has 0 spiro atoms. The summed E-state index contributed by atoms with van der Waals surface area (Å²) in [5, 5.41) is 14.5. The number of benzene rings is 1. The number of aromatic amines is 1. The third kappa shape index (κ3) is 3.52. The second kappa shape index (κ2) is 6.57. The van der Waals surface area contributed by atoms with Gasteiger partial charge in [0.05, 0.1) is 22.2 Å². The highest BCUT2D eigenvalue weighted by atomic mass is 32.2. The van der Waals surface area contributed by atoms with E-state index in [0.717, 1.165) is 5.75 Å². The molecule has 1 heterocycles. The van der Waals surface area contributed by atoms with Crippen LogP contribution in [0.5, 0.6) is 0 Å². The summed E-state index contributed by atoms with van der Waals surface area (Å²) in [5.74, 6) is 1.34. The highest BCUT2D eigenvalue weighted by Gasteiger charge is 2.17. The quantitative estimate of drug-likeness (QED) is 0.627. The number of nitrogens with zero attached hydrogens (tertiary/aromatic N) is 2. The van der Waals surface area contributed by atoms with Gasteiger partial charge in [0.2, 0.25) is 0 Å². The molecule has 0 aliphatic carbocycles. The number of nitro benzene ring substituents is 1. The number of rotatable bonds is 6. The summed E-state index contributed by atoms with van der Waals surface area (Å²) in [6.07, 6.45) is 3.31. The van der Waals surface area contributed by atoms with Crippen LogP contribution < -0.4 is 10.9 Å². The highest BCUT2D eigenvalue weighted by molar-refractivity contribution is 7.98. The third-order valence-electron chi connectivity index (χ3n) is 3.05. The van der Waals surface area contributed by atoms with Crippen molar-refractivity contribution in [1.29, 1.82) is 0 Å². The summed E-state index contributed by atoms with van der Waals surface area (Å²) < 4.78 is 0. The molecule has 0 saturated heterocycles. The highest BCUT2D eigenvalue weighted by Crippen LogP contribution is 2.28. The van der Waals surface area contributed by atoms with Gasteiger partial charge in [-0.05, 0) is 24.0 Å². The Balaban J connectivity index is 2.39. The molecule has 112 valence electrons. The van der Waals surface area contributed by atoms with Gasteiger partial charge in [0.25, 0.3) is 11.2 Å². The fraction of sp³-hybridized carbons (Fsp3) is 0.385. The number of hydrogen-bond donors (Lipinski definition) is 2. The van der Waals surface area contributed by atoms with Crippen molar-refractivity contribution in [3.8, 4) is 0 Å². The van der Waals surface area contributed by atoms with Crippen molar-refractivity contribution in [2.75, 3.05) is 23.9 Å². The van der Waals surface area contributed by atoms with Crippen molar-refractivity contribution < 1.29 is 4.92 Å². The van der Waals surface area contributed by atoms with Gasteiger partial charge in [0.1, 0.15) is 5.69 Å². The number of fused-ring (bicyclic) bond motifs is 1. The fourth-order valence-electron chi connectivity index (χ4n) is 2.02. The van der Waals surface area contributed by atoms with Gasteiger partial charge < -0.3 is 10.3 Å². The van der Waals surface area contributed by atoms with Gasteiger partial charge in [-0.15, -0.1) is 0 Å². The molecule has 0 aliphatic heterocycles. The minimum Gasteiger partial charge on any atom is -0.379 e. The topological polar surface area (TPSA) is 101 Å². The molecule has 0 aliphatic rings.